The standard InChI is InChI=1S/C19H19FO5/c1-4-24-15-7-5-13(11-21)17(10-15)25-18(19(22)23-3)16-8-6-14(20)9-12(16)2/h5-11,18H,4H2,1-3H3. The second-order valence-electron chi connectivity index (χ2n) is 5.27. The molecule has 0 heterocycles. The topological polar surface area (TPSA) is 61.8 Å². The zero-order chi connectivity index (χ0) is 18.4. The minimum atomic E-state index is -1.14. The van der Waals surface area contributed by atoms with Gasteiger partial charge in [0.15, 0.2) is 6.29 Å². The van der Waals surface area contributed by atoms with Crippen LogP contribution in [-0.2, 0) is 9.53 Å². The number of rotatable bonds is 7. The van der Waals surface area contributed by atoms with Crippen LogP contribution < -0.4 is 9.47 Å². The molecule has 2 rings (SSSR count). The molecule has 2 aromatic rings. The summed E-state index contributed by atoms with van der Waals surface area (Å²) in [5.41, 5.74) is 1.24. The van der Waals surface area contributed by atoms with Crippen molar-refractivity contribution in [2.75, 3.05) is 13.7 Å². The molecule has 0 aliphatic carbocycles. The third kappa shape index (κ3) is 4.35. The number of benzene rings is 2. The average molecular weight is 346 g/mol. The predicted molar refractivity (Wildman–Crippen MR) is 89.5 cm³/mol. The molecule has 1 atom stereocenters. The third-order valence-corrected chi connectivity index (χ3v) is 3.60. The van der Waals surface area contributed by atoms with Gasteiger partial charge in [0.2, 0.25) is 6.10 Å². The summed E-state index contributed by atoms with van der Waals surface area (Å²) < 4.78 is 29.3. The van der Waals surface area contributed by atoms with Gasteiger partial charge in [-0.2, -0.15) is 0 Å². The van der Waals surface area contributed by atoms with E-state index in [0.29, 0.717) is 29.8 Å². The van der Waals surface area contributed by atoms with Crippen molar-refractivity contribution in [2.24, 2.45) is 0 Å². The van der Waals surface area contributed by atoms with Gasteiger partial charge < -0.3 is 14.2 Å². The Morgan fingerprint density at radius 1 is 1.24 bits per heavy atom. The highest BCUT2D eigenvalue weighted by Crippen LogP contribution is 2.31. The van der Waals surface area contributed by atoms with Crippen LogP contribution in [0.1, 0.15) is 34.5 Å². The number of aldehydes is 1. The summed E-state index contributed by atoms with van der Waals surface area (Å²) in [6.07, 6.45) is -0.516. The van der Waals surface area contributed by atoms with Crippen LogP contribution >= 0.6 is 0 Å². The molecule has 0 bridgehead atoms. The molecule has 6 heteroatoms. The van der Waals surface area contributed by atoms with E-state index in [9.17, 15) is 14.0 Å². The first-order valence-electron chi connectivity index (χ1n) is 7.72. The summed E-state index contributed by atoms with van der Waals surface area (Å²) in [5.74, 6) is -0.396. The Hall–Kier alpha value is -2.89. The van der Waals surface area contributed by atoms with Gasteiger partial charge in [0.05, 0.1) is 19.3 Å². The van der Waals surface area contributed by atoms with Crippen LogP contribution in [0.25, 0.3) is 0 Å². The number of esters is 1. The Kier molecular flexibility index (Phi) is 6.11. The molecule has 2 aromatic carbocycles. The van der Waals surface area contributed by atoms with Crippen molar-refractivity contribution in [1.82, 2.24) is 0 Å². The molecule has 5 nitrogen and oxygen atoms in total. The molecule has 0 spiro atoms. The smallest absolute Gasteiger partial charge is 0.351 e. The van der Waals surface area contributed by atoms with E-state index in [1.807, 2.05) is 6.92 Å². The van der Waals surface area contributed by atoms with Gasteiger partial charge in [-0.25, -0.2) is 9.18 Å². The van der Waals surface area contributed by atoms with Crippen LogP contribution in [0, 0.1) is 12.7 Å². The number of methoxy groups -OCH3 is 1. The van der Waals surface area contributed by atoms with Crippen molar-refractivity contribution in [3.05, 3.63) is 58.9 Å². The van der Waals surface area contributed by atoms with E-state index in [4.69, 9.17) is 14.2 Å². The number of ether oxygens (including phenoxy) is 3. The lowest BCUT2D eigenvalue weighted by Gasteiger charge is -2.20. The molecule has 0 N–H and O–H groups in total. The molecule has 0 amide bonds. The quantitative estimate of drug-likeness (QED) is 0.566. The molecule has 132 valence electrons. The van der Waals surface area contributed by atoms with Crippen molar-refractivity contribution in [1.29, 1.82) is 0 Å². The van der Waals surface area contributed by atoms with Crippen molar-refractivity contribution in [3.63, 3.8) is 0 Å². The van der Waals surface area contributed by atoms with E-state index in [2.05, 4.69) is 0 Å². The van der Waals surface area contributed by atoms with Crippen molar-refractivity contribution < 1.29 is 28.2 Å². The molecule has 0 fully saturated rings. The number of carbonyl (C=O) groups is 2. The summed E-state index contributed by atoms with van der Waals surface area (Å²) >= 11 is 0. The van der Waals surface area contributed by atoms with Crippen molar-refractivity contribution in [2.45, 2.75) is 20.0 Å². The maximum atomic E-state index is 13.4. The van der Waals surface area contributed by atoms with Gasteiger partial charge in [0.25, 0.3) is 0 Å². The Morgan fingerprint density at radius 3 is 2.60 bits per heavy atom. The molecular formula is C19H19FO5. The fourth-order valence-corrected chi connectivity index (χ4v) is 2.38. The summed E-state index contributed by atoms with van der Waals surface area (Å²) in [6, 6.07) is 8.70. The number of carbonyl (C=O) groups excluding carboxylic acids is 2. The van der Waals surface area contributed by atoms with E-state index in [1.165, 1.54) is 31.4 Å². The van der Waals surface area contributed by atoms with E-state index in [-0.39, 0.29) is 11.3 Å². The first-order chi connectivity index (χ1) is 12.0. The molecule has 0 aromatic heterocycles. The van der Waals surface area contributed by atoms with Crippen LogP contribution in [0.2, 0.25) is 0 Å². The van der Waals surface area contributed by atoms with Crippen LogP contribution in [0.3, 0.4) is 0 Å². The van der Waals surface area contributed by atoms with Crippen LogP contribution in [0.4, 0.5) is 4.39 Å². The van der Waals surface area contributed by atoms with Crippen LogP contribution in [-0.4, -0.2) is 26.0 Å². The molecule has 0 aliphatic rings. The SMILES string of the molecule is CCOc1ccc(C=O)c(OC(C(=O)OC)c2ccc(F)cc2C)c1. The highest BCUT2D eigenvalue weighted by Gasteiger charge is 2.26. The summed E-state index contributed by atoms with van der Waals surface area (Å²) in [6.45, 7) is 3.93. The number of halogens is 1. The van der Waals surface area contributed by atoms with E-state index >= 15 is 0 Å². The second kappa shape index (κ2) is 8.28. The largest absolute Gasteiger partial charge is 0.494 e. The highest BCUT2D eigenvalue weighted by atomic mass is 19.1. The van der Waals surface area contributed by atoms with Crippen LogP contribution in [0.5, 0.6) is 11.5 Å². The van der Waals surface area contributed by atoms with Gasteiger partial charge in [0.1, 0.15) is 17.3 Å². The number of hydrogen-bond donors (Lipinski definition) is 0. The maximum absolute atomic E-state index is 13.4. The Balaban J connectivity index is 2.45. The van der Waals surface area contributed by atoms with E-state index in [1.54, 1.807) is 19.1 Å². The Labute approximate surface area is 145 Å². The zero-order valence-electron chi connectivity index (χ0n) is 14.2. The lowest BCUT2D eigenvalue weighted by molar-refractivity contribution is -0.149. The van der Waals surface area contributed by atoms with E-state index < -0.39 is 17.9 Å². The molecule has 0 radical (unpaired) electrons. The third-order valence-electron chi connectivity index (χ3n) is 3.60. The summed E-state index contributed by atoms with van der Waals surface area (Å²) in [7, 11) is 1.23. The molecule has 25 heavy (non-hydrogen) atoms. The number of aryl methyl sites for hydroxylation is 1. The second-order valence-corrected chi connectivity index (χ2v) is 5.27. The average Bonchev–Trinajstić information content (AvgIpc) is 2.60. The molecule has 0 saturated carbocycles. The Bertz CT molecular complexity index is 772. The molecule has 0 saturated heterocycles. The van der Waals surface area contributed by atoms with E-state index in [0.717, 1.165) is 0 Å². The fraction of sp³-hybridized carbons (Fsp3) is 0.263. The first kappa shape index (κ1) is 18.4. The molecular weight excluding hydrogens is 327 g/mol. The summed E-state index contributed by atoms with van der Waals surface area (Å²) in [5, 5.41) is 0. The lowest BCUT2D eigenvalue weighted by Crippen LogP contribution is -2.21. The number of hydrogen-bond acceptors (Lipinski definition) is 5. The predicted octanol–water partition coefficient (Wildman–Crippen LogP) is 3.64. The molecule has 1 unspecified atom stereocenters. The zero-order valence-corrected chi connectivity index (χ0v) is 14.2. The normalized spacial score (nSPS) is 11.5. The van der Waals surface area contributed by atoms with Gasteiger partial charge in [-0.1, -0.05) is 6.07 Å². The van der Waals surface area contributed by atoms with Crippen LogP contribution in [0.15, 0.2) is 36.4 Å². The maximum Gasteiger partial charge on any atom is 0.351 e. The van der Waals surface area contributed by atoms with Gasteiger partial charge in [-0.05, 0) is 43.7 Å². The lowest BCUT2D eigenvalue weighted by atomic mass is 10.0. The minimum absolute atomic E-state index is 0.181. The molecule has 0 aliphatic heterocycles. The highest BCUT2D eigenvalue weighted by molar-refractivity contribution is 5.81. The monoisotopic (exact) mass is 346 g/mol. The minimum Gasteiger partial charge on any atom is -0.494 e. The van der Waals surface area contributed by atoms with Gasteiger partial charge in [0, 0.05) is 11.6 Å². The van der Waals surface area contributed by atoms with Gasteiger partial charge >= 0.3 is 5.97 Å². The first-order valence-corrected chi connectivity index (χ1v) is 7.72. The fourth-order valence-electron chi connectivity index (χ4n) is 2.38. The van der Waals surface area contributed by atoms with Crippen molar-refractivity contribution in [3.8, 4) is 11.5 Å². The summed E-state index contributed by atoms with van der Waals surface area (Å²) in [4.78, 5) is 23.5. The Morgan fingerprint density at radius 2 is 2.00 bits per heavy atom. The van der Waals surface area contributed by atoms with Crippen molar-refractivity contribution >= 4 is 12.3 Å². The van der Waals surface area contributed by atoms with Gasteiger partial charge in [-0.15, -0.1) is 0 Å². The van der Waals surface area contributed by atoms with Gasteiger partial charge in [-0.3, -0.25) is 4.79 Å².